The van der Waals surface area contributed by atoms with Gasteiger partial charge in [-0.2, -0.15) is 25.5 Å². The molecule has 0 aliphatic heterocycles. The second-order valence-corrected chi connectivity index (χ2v) is 16.4. The van der Waals surface area contributed by atoms with Gasteiger partial charge < -0.3 is 27.3 Å². The van der Waals surface area contributed by atoms with Gasteiger partial charge in [0.2, 0.25) is 20.8 Å². The molecule has 2 aromatic carbocycles. The number of para-hydroxylation sites is 2. The summed E-state index contributed by atoms with van der Waals surface area (Å²) in [6, 6.07) is 10.9. The molecule has 0 saturated carbocycles. The third-order valence-corrected chi connectivity index (χ3v) is 12.7. The average Bonchev–Trinajstić information content (AvgIpc) is 2.76. The molecule has 29 heteroatoms. The minimum atomic E-state index is -6.65. The fraction of sp³-hybridized carbons (Fsp3) is 0.143. The molecule has 0 bridgehead atoms. The minimum absolute atomic E-state index is 0. The number of rotatable bonds is 12. The van der Waals surface area contributed by atoms with E-state index in [1.165, 1.54) is 12.1 Å². The van der Waals surface area contributed by atoms with E-state index in [0.717, 1.165) is 48.5 Å². The third kappa shape index (κ3) is 11.5. The molecule has 43 heavy (non-hydrogen) atoms. The molecule has 0 heterocycles. The summed E-state index contributed by atoms with van der Waals surface area (Å²) in [5.41, 5.74) is 0. The van der Waals surface area contributed by atoms with Crippen molar-refractivity contribution in [2.75, 3.05) is 0 Å². The standard InChI is InChI=1S/2C7H7F2O9PS2.Zr/c2*8-7(9,20(11,12)13)19(10,18-21(14,15)16)17-6-4-2-1-3-5-6;/h2*1-5H,(H,11,12,13)(H,14,15,16);/q;;+4/p-4. The number of hydrogen-bond donors (Lipinski definition) is 0. The van der Waals surface area contributed by atoms with E-state index in [0.29, 0.717) is 0 Å². The van der Waals surface area contributed by atoms with Crippen molar-refractivity contribution in [3.8, 4) is 11.5 Å². The fourth-order valence-electron chi connectivity index (χ4n) is 1.98. The first-order valence-electron chi connectivity index (χ1n) is 9.27. The summed E-state index contributed by atoms with van der Waals surface area (Å²) in [4.78, 5) is -11.6. The summed E-state index contributed by atoms with van der Waals surface area (Å²) < 4.78 is 216. The Hall–Kier alpha value is -1.34. The Labute approximate surface area is 258 Å². The molecule has 2 atom stereocenters. The van der Waals surface area contributed by atoms with Gasteiger partial charge in [0, 0.05) is 0 Å². The van der Waals surface area contributed by atoms with Crippen molar-refractivity contribution >= 4 is 56.2 Å². The van der Waals surface area contributed by atoms with E-state index in [1.807, 2.05) is 0 Å². The van der Waals surface area contributed by atoms with Crippen LogP contribution in [0.5, 0.6) is 11.5 Å². The number of benzene rings is 2. The molecule has 2 unspecified atom stereocenters. The van der Waals surface area contributed by atoms with E-state index in [9.17, 15) is 78.6 Å². The Morgan fingerprint density at radius 3 is 0.953 bits per heavy atom. The van der Waals surface area contributed by atoms with E-state index in [4.69, 9.17) is 0 Å². The van der Waals surface area contributed by atoms with Gasteiger partial charge in [0.15, 0.2) is 20.2 Å². The topological polar surface area (TPSA) is 300 Å². The quantitative estimate of drug-likeness (QED) is 0.127. The fourth-order valence-corrected chi connectivity index (χ4v) is 8.81. The van der Waals surface area contributed by atoms with E-state index in [2.05, 4.69) is 17.0 Å². The second-order valence-electron chi connectivity index (χ2n) is 6.65. The number of halogens is 4. The van der Waals surface area contributed by atoms with Gasteiger partial charge in [-0.15, -0.1) is 0 Å². The Kier molecular flexibility index (Phi) is 13.9. The summed E-state index contributed by atoms with van der Waals surface area (Å²) in [5.74, 6) is -1.43. The summed E-state index contributed by atoms with van der Waals surface area (Å²) >= 11 is 0. The monoisotopic (exact) mass is 822 g/mol. The van der Waals surface area contributed by atoms with E-state index in [1.54, 1.807) is 0 Å². The first-order valence-corrected chi connectivity index (χ1v) is 17.8. The molecule has 0 spiro atoms. The summed E-state index contributed by atoms with van der Waals surface area (Å²) in [6.07, 6.45) is 0. The molecule has 0 fully saturated rings. The zero-order chi connectivity index (χ0) is 33.1. The molecule has 0 saturated heterocycles. The minimum Gasteiger partial charge on any atom is -0.743 e. The number of alkyl halides is 4. The van der Waals surface area contributed by atoms with E-state index < -0.39 is 77.7 Å². The van der Waals surface area contributed by atoms with Crippen molar-refractivity contribution < 1.29 is 122 Å². The predicted octanol–water partition coefficient (Wildman–Crippen LogP) is 1.66. The van der Waals surface area contributed by atoms with Crippen LogP contribution in [0.1, 0.15) is 0 Å². The Bertz CT molecular complexity index is 1660. The first-order chi connectivity index (χ1) is 18.6. The molecule has 18 nitrogen and oxygen atoms in total. The van der Waals surface area contributed by atoms with E-state index >= 15 is 0 Å². The van der Waals surface area contributed by atoms with Crippen molar-refractivity contribution in [1.82, 2.24) is 0 Å². The van der Waals surface area contributed by atoms with Crippen molar-refractivity contribution in [1.29, 1.82) is 0 Å². The van der Waals surface area contributed by atoms with Crippen molar-refractivity contribution in [3.63, 3.8) is 0 Å². The van der Waals surface area contributed by atoms with Crippen LogP contribution >= 0.6 is 15.2 Å². The smallest absolute Gasteiger partial charge is 0.743 e. The van der Waals surface area contributed by atoms with Crippen molar-refractivity contribution in [2.45, 2.75) is 9.99 Å². The van der Waals surface area contributed by atoms with Gasteiger partial charge in [0.25, 0.3) is 0 Å². The molecular formula is C14H10F4O18P2S4Zr. The zero-order valence-corrected chi connectivity index (χ0v) is 27.2. The maximum Gasteiger partial charge on any atom is 4.00 e. The Morgan fingerprint density at radius 2 is 0.767 bits per heavy atom. The van der Waals surface area contributed by atoms with Gasteiger partial charge in [-0.3, -0.25) is 0 Å². The van der Waals surface area contributed by atoms with Gasteiger partial charge >= 0.3 is 51.4 Å². The molecular weight excluding hydrogens is 814 g/mol. The zero-order valence-electron chi connectivity index (χ0n) is 19.7. The van der Waals surface area contributed by atoms with Crippen LogP contribution in [0.25, 0.3) is 0 Å². The first kappa shape index (κ1) is 41.7. The average molecular weight is 824 g/mol. The molecule has 0 radical (unpaired) electrons. The normalized spacial score (nSPS) is 15.8. The predicted molar refractivity (Wildman–Crippen MR) is 120 cm³/mol. The largest absolute Gasteiger partial charge is 4.00 e. The van der Waals surface area contributed by atoms with Crippen LogP contribution in [-0.2, 0) is 84.3 Å². The summed E-state index contributed by atoms with van der Waals surface area (Å²) in [7, 11) is -38.5. The van der Waals surface area contributed by atoms with Crippen LogP contribution in [0.15, 0.2) is 60.7 Å². The summed E-state index contributed by atoms with van der Waals surface area (Å²) in [5, 5.41) is 0. The molecule has 0 amide bonds. The van der Waals surface area contributed by atoms with Crippen LogP contribution in [-0.4, -0.2) is 61.9 Å². The SMILES string of the molecule is O=P(Oc1ccccc1)(OS(=O)(=O)[O-])C(F)(F)S(=O)(=O)[O-].O=P(Oc1ccccc1)(OS(=O)(=O)[O-])C(F)(F)S(=O)(=O)[O-].[Zr+4]. The van der Waals surface area contributed by atoms with Crippen LogP contribution in [0.3, 0.4) is 0 Å². The van der Waals surface area contributed by atoms with Crippen LogP contribution < -0.4 is 9.05 Å². The molecule has 0 aromatic heterocycles. The molecule has 0 aliphatic rings. The van der Waals surface area contributed by atoms with Gasteiger partial charge in [-0.05, 0) is 24.3 Å². The molecule has 0 N–H and O–H groups in total. The van der Waals surface area contributed by atoms with Crippen LogP contribution in [0.4, 0.5) is 17.6 Å². The van der Waals surface area contributed by atoms with Crippen molar-refractivity contribution in [2.24, 2.45) is 0 Å². The third-order valence-electron chi connectivity index (χ3n) is 3.56. The van der Waals surface area contributed by atoms with Gasteiger partial charge in [-0.25, -0.2) is 42.8 Å². The number of hydrogen-bond acceptors (Lipinski definition) is 18. The maximum atomic E-state index is 13.4. The van der Waals surface area contributed by atoms with Gasteiger partial charge in [0.05, 0.1) is 0 Å². The summed E-state index contributed by atoms with van der Waals surface area (Å²) in [6.45, 7) is 0. The van der Waals surface area contributed by atoms with Gasteiger partial charge in [-0.1, -0.05) is 36.4 Å². The maximum absolute atomic E-state index is 13.4. The molecule has 240 valence electrons. The van der Waals surface area contributed by atoms with E-state index in [-0.39, 0.29) is 26.2 Å². The van der Waals surface area contributed by atoms with Crippen LogP contribution in [0, 0.1) is 0 Å². The van der Waals surface area contributed by atoms with Crippen LogP contribution in [0.2, 0.25) is 0 Å². The second kappa shape index (κ2) is 14.4. The molecule has 2 aromatic rings. The molecule has 2 rings (SSSR count). The van der Waals surface area contributed by atoms with Crippen molar-refractivity contribution in [3.05, 3.63) is 60.7 Å². The molecule has 0 aliphatic carbocycles. The Morgan fingerprint density at radius 1 is 0.535 bits per heavy atom. The Balaban J connectivity index is 0.000000802. The van der Waals surface area contributed by atoms with Gasteiger partial charge in [0.1, 0.15) is 11.5 Å².